The molecule has 0 aromatic carbocycles. The number of halogens is 1. The molecule has 0 bridgehead atoms. The lowest BCUT2D eigenvalue weighted by molar-refractivity contribution is 1.49. The molecule has 0 aliphatic rings. The molecule has 36 valence electrons. The zero-order valence-electron chi connectivity index (χ0n) is 4.03. The third-order valence-electron chi connectivity index (χ3n) is 0. The van der Waals surface area contributed by atoms with Crippen molar-refractivity contribution in [2.45, 2.75) is 13.8 Å². The third-order valence-corrected chi connectivity index (χ3v) is 0. The molecule has 0 unspecified atom stereocenters. The van der Waals surface area contributed by atoms with Crippen LogP contribution in [-0.4, -0.2) is 4.43 Å². The van der Waals surface area contributed by atoms with Crippen molar-refractivity contribution >= 4 is 22.6 Å². The summed E-state index contributed by atoms with van der Waals surface area (Å²) in [6.45, 7) is 3.54. The van der Waals surface area contributed by atoms with Gasteiger partial charge in [-0.05, 0) is 4.43 Å². The highest BCUT2D eigenvalue weighted by Gasteiger charge is 1.38. The van der Waals surface area contributed by atoms with Crippen molar-refractivity contribution in [3.8, 4) is 6.07 Å². The molecule has 1 nitrogen and oxygen atoms in total. The Kier molecular flexibility index (Phi) is 29.9. The maximum atomic E-state index is 7.32. The van der Waals surface area contributed by atoms with Gasteiger partial charge in [-0.3, -0.25) is 0 Å². The number of nitriles is 1. The van der Waals surface area contributed by atoms with Crippen LogP contribution in [0.5, 0.6) is 0 Å². The van der Waals surface area contributed by atoms with Crippen LogP contribution in [0.25, 0.3) is 0 Å². The van der Waals surface area contributed by atoms with Crippen molar-refractivity contribution in [3.63, 3.8) is 0 Å². The van der Waals surface area contributed by atoms with Crippen LogP contribution < -0.4 is 0 Å². The van der Waals surface area contributed by atoms with E-state index in [1.165, 1.54) is 11.4 Å². The second kappa shape index (κ2) is 18.9. The zero-order valence-corrected chi connectivity index (χ0v) is 6.19. The summed E-state index contributed by atoms with van der Waals surface area (Å²) in [5.74, 6) is 0. The van der Waals surface area contributed by atoms with Crippen LogP contribution >= 0.6 is 22.6 Å². The van der Waals surface area contributed by atoms with E-state index in [2.05, 4.69) is 29.5 Å². The highest BCUT2D eigenvalue weighted by atomic mass is 127. The fourth-order valence-corrected chi connectivity index (χ4v) is 0. The van der Waals surface area contributed by atoms with Gasteiger partial charge in [0.1, 0.15) is 0 Å². The zero-order chi connectivity index (χ0) is 5.41. The van der Waals surface area contributed by atoms with Gasteiger partial charge >= 0.3 is 0 Å². The van der Waals surface area contributed by atoms with Gasteiger partial charge in [-0.15, -0.1) is 0 Å². The summed E-state index contributed by atoms with van der Waals surface area (Å²) in [6, 6.07) is 1.75. The lowest BCUT2D eigenvalue weighted by atomic mass is 11.0. The predicted octanol–water partition coefficient (Wildman–Crippen LogP) is 1.97. The quantitative estimate of drug-likeness (QED) is 0.430. The van der Waals surface area contributed by atoms with Crippen molar-refractivity contribution in [3.05, 3.63) is 0 Å². The van der Waals surface area contributed by atoms with Crippen LogP contribution in [0.3, 0.4) is 0 Å². The Bertz CT molecular complexity index is 37.3. The summed E-state index contributed by atoms with van der Waals surface area (Å²) in [5.41, 5.74) is 0. The van der Waals surface area contributed by atoms with Gasteiger partial charge in [0.25, 0.3) is 0 Å². The van der Waals surface area contributed by atoms with Crippen molar-refractivity contribution in [2.75, 3.05) is 4.43 Å². The van der Waals surface area contributed by atoms with Gasteiger partial charge < -0.3 is 0 Å². The van der Waals surface area contributed by atoms with Gasteiger partial charge in [0, 0.05) is 6.92 Å². The molecule has 0 aromatic heterocycles. The van der Waals surface area contributed by atoms with Gasteiger partial charge in [0.05, 0.1) is 6.07 Å². The van der Waals surface area contributed by atoms with E-state index in [1.54, 1.807) is 6.07 Å². The summed E-state index contributed by atoms with van der Waals surface area (Å²) in [7, 11) is 0. The highest BCUT2D eigenvalue weighted by molar-refractivity contribution is 14.1. The average molecular weight is 197 g/mol. The maximum Gasteiger partial charge on any atom is 0.0587 e. The standard InChI is InChI=1S/C2H5I.C2H3N/c2*1-2-3/h2H2,1H3;1H3. The molecule has 0 spiro atoms. The molecular formula is C4H8IN. The Hall–Kier alpha value is 0.220. The Balaban J connectivity index is 0. The van der Waals surface area contributed by atoms with Crippen molar-refractivity contribution in [1.29, 1.82) is 5.26 Å². The average Bonchev–Trinajstić information content (AvgIpc) is 1.39. The molecule has 0 rings (SSSR count). The molecule has 0 fully saturated rings. The van der Waals surface area contributed by atoms with Crippen LogP contribution in [0.15, 0.2) is 0 Å². The van der Waals surface area contributed by atoms with Gasteiger partial charge in [-0.1, -0.05) is 29.5 Å². The third kappa shape index (κ3) is 904. The lowest BCUT2D eigenvalue weighted by Gasteiger charge is -1.45. The predicted molar refractivity (Wildman–Crippen MR) is 35.8 cm³/mol. The topological polar surface area (TPSA) is 23.8 Å². The van der Waals surface area contributed by atoms with Crippen LogP contribution in [0, 0.1) is 11.3 Å². The Morgan fingerprint density at radius 1 is 1.83 bits per heavy atom. The molecule has 0 saturated carbocycles. The molecule has 0 amide bonds. The first-order valence-corrected chi connectivity index (χ1v) is 3.22. The number of alkyl halides is 1. The van der Waals surface area contributed by atoms with Crippen LogP contribution in [0.2, 0.25) is 0 Å². The Labute approximate surface area is 52.5 Å². The first-order chi connectivity index (χ1) is 2.83. The monoisotopic (exact) mass is 197 g/mol. The fourth-order valence-electron chi connectivity index (χ4n) is 0. The minimum absolute atomic E-state index is 1.22. The van der Waals surface area contributed by atoms with Gasteiger partial charge in [-0.25, -0.2) is 0 Å². The maximum absolute atomic E-state index is 7.32. The molecule has 0 atom stereocenters. The normalized spacial score (nSPS) is 4.33. The summed E-state index contributed by atoms with van der Waals surface area (Å²) in [4.78, 5) is 0. The van der Waals surface area contributed by atoms with E-state index in [4.69, 9.17) is 5.26 Å². The summed E-state index contributed by atoms with van der Waals surface area (Å²) < 4.78 is 1.22. The van der Waals surface area contributed by atoms with Gasteiger partial charge in [-0.2, -0.15) is 5.26 Å². The van der Waals surface area contributed by atoms with Crippen LogP contribution in [-0.2, 0) is 0 Å². The van der Waals surface area contributed by atoms with Crippen LogP contribution in [0.4, 0.5) is 0 Å². The second-order valence-corrected chi connectivity index (χ2v) is 2.02. The largest absolute Gasteiger partial charge is 0.199 e. The molecule has 0 aliphatic heterocycles. The molecule has 0 aliphatic carbocycles. The molecule has 0 N–H and O–H groups in total. The minimum Gasteiger partial charge on any atom is -0.199 e. The number of rotatable bonds is 0. The lowest BCUT2D eigenvalue weighted by Crippen LogP contribution is -1.33. The van der Waals surface area contributed by atoms with Gasteiger partial charge in [0.2, 0.25) is 0 Å². The summed E-state index contributed by atoms with van der Waals surface area (Å²) >= 11 is 2.29. The van der Waals surface area contributed by atoms with E-state index in [0.29, 0.717) is 0 Å². The molecule has 0 aromatic rings. The molecule has 0 heterocycles. The molecule has 0 radical (unpaired) electrons. The first-order valence-electron chi connectivity index (χ1n) is 1.70. The molecular weight excluding hydrogens is 189 g/mol. The number of nitrogens with zero attached hydrogens (tertiary/aromatic N) is 1. The number of hydrogen-bond donors (Lipinski definition) is 0. The van der Waals surface area contributed by atoms with Crippen molar-refractivity contribution < 1.29 is 0 Å². The number of hydrogen-bond acceptors (Lipinski definition) is 1. The second-order valence-electron chi connectivity index (χ2n) is 0.491. The van der Waals surface area contributed by atoms with Crippen LogP contribution in [0.1, 0.15) is 13.8 Å². The van der Waals surface area contributed by atoms with E-state index in [1.807, 2.05) is 0 Å². The molecule has 0 saturated heterocycles. The summed E-state index contributed by atoms with van der Waals surface area (Å²) in [6.07, 6.45) is 0. The highest BCUT2D eigenvalue weighted by Crippen LogP contribution is 1.69. The van der Waals surface area contributed by atoms with E-state index in [0.717, 1.165) is 0 Å². The minimum atomic E-state index is 1.22. The molecule has 6 heavy (non-hydrogen) atoms. The van der Waals surface area contributed by atoms with E-state index in [-0.39, 0.29) is 0 Å². The summed E-state index contributed by atoms with van der Waals surface area (Å²) in [5, 5.41) is 7.32. The Morgan fingerprint density at radius 3 is 1.83 bits per heavy atom. The van der Waals surface area contributed by atoms with Crippen molar-refractivity contribution in [2.24, 2.45) is 0 Å². The Morgan fingerprint density at radius 2 is 1.83 bits per heavy atom. The molecule has 2 heteroatoms. The first kappa shape index (κ1) is 9.52. The fraction of sp³-hybridized carbons (Fsp3) is 0.750. The van der Waals surface area contributed by atoms with Gasteiger partial charge in [0.15, 0.2) is 0 Å². The van der Waals surface area contributed by atoms with Crippen molar-refractivity contribution in [1.82, 2.24) is 0 Å². The van der Waals surface area contributed by atoms with E-state index in [9.17, 15) is 0 Å². The smallest absolute Gasteiger partial charge is 0.0587 e. The van der Waals surface area contributed by atoms with E-state index < -0.39 is 0 Å². The SMILES string of the molecule is CC#N.CCI. The van der Waals surface area contributed by atoms with E-state index >= 15 is 0 Å².